The lowest BCUT2D eigenvalue weighted by Crippen LogP contribution is -2.46. The number of methoxy groups -OCH3 is 1. The summed E-state index contributed by atoms with van der Waals surface area (Å²) in [4.78, 5) is 2.65. The van der Waals surface area contributed by atoms with Crippen LogP contribution in [0.1, 0.15) is 45.4 Å². The van der Waals surface area contributed by atoms with Gasteiger partial charge in [-0.3, -0.25) is 4.90 Å². The molecule has 0 atom stereocenters. The molecule has 0 unspecified atom stereocenters. The predicted octanol–water partition coefficient (Wildman–Crippen LogP) is 2.25. The maximum atomic E-state index is 6.12. The third kappa shape index (κ3) is 3.69. The van der Waals surface area contributed by atoms with Crippen LogP contribution in [0.2, 0.25) is 0 Å². The number of ether oxygens (including phenoxy) is 1. The average molecular weight is 254 g/mol. The Morgan fingerprint density at radius 2 is 1.89 bits per heavy atom. The first kappa shape index (κ1) is 14.3. The van der Waals surface area contributed by atoms with Crippen LogP contribution in [0.5, 0.6) is 0 Å². The summed E-state index contributed by atoms with van der Waals surface area (Å²) in [5.74, 6) is 0.901. The van der Waals surface area contributed by atoms with E-state index in [9.17, 15) is 0 Å². The zero-order valence-corrected chi connectivity index (χ0v) is 12.2. The summed E-state index contributed by atoms with van der Waals surface area (Å²) >= 11 is 0. The van der Waals surface area contributed by atoms with Gasteiger partial charge in [-0.25, -0.2) is 0 Å². The summed E-state index contributed by atoms with van der Waals surface area (Å²) < 4.78 is 5.25. The fraction of sp³-hybridized carbons (Fsp3) is 1.00. The monoisotopic (exact) mass is 254 g/mol. The van der Waals surface area contributed by atoms with Gasteiger partial charge in [0.1, 0.15) is 0 Å². The molecule has 2 saturated carbocycles. The van der Waals surface area contributed by atoms with E-state index in [0.29, 0.717) is 5.41 Å². The molecule has 3 heteroatoms. The molecule has 106 valence electrons. The molecular formula is C15H30N2O. The van der Waals surface area contributed by atoms with Crippen LogP contribution in [0.25, 0.3) is 0 Å². The molecule has 0 aromatic rings. The lowest BCUT2D eigenvalue weighted by molar-refractivity contribution is 0.0699. The molecule has 2 N–H and O–H groups in total. The van der Waals surface area contributed by atoms with Gasteiger partial charge < -0.3 is 10.5 Å². The standard InChI is InChI=1S/C15H30N2O/c1-13-5-7-15(11-16,8-6-13)12-17(9-10-18-2)14-3-4-14/h13-14H,3-12,16H2,1-2H3. The molecule has 2 fully saturated rings. The first-order valence-electron chi connectivity index (χ1n) is 7.62. The molecule has 0 saturated heterocycles. The molecule has 2 aliphatic rings. The van der Waals surface area contributed by atoms with Gasteiger partial charge in [-0.15, -0.1) is 0 Å². The van der Waals surface area contributed by atoms with Crippen molar-refractivity contribution < 1.29 is 4.74 Å². The minimum atomic E-state index is 0.392. The molecule has 0 heterocycles. The highest BCUT2D eigenvalue weighted by Gasteiger charge is 2.38. The summed E-state index contributed by atoms with van der Waals surface area (Å²) in [6.07, 6.45) is 8.11. The first-order valence-corrected chi connectivity index (χ1v) is 7.62. The van der Waals surface area contributed by atoms with Gasteiger partial charge in [-0.05, 0) is 43.6 Å². The maximum absolute atomic E-state index is 6.12. The second kappa shape index (κ2) is 6.36. The normalized spacial score (nSPS) is 33.0. The SMILES string of the molecule is COCCN(CC1(CN)CCC(C)CC1)C1CC1. The summed E-state index contributed by atoms with van der Waals surface area (Å²) in [5, 5.41) is 0. The largest absolute Gasteiger partial charge is 0.383 e. The number of nitrogens with zero attached hydrogens (tertiary/aromatic N) is 1. The van der Waals surface area contributed by atoms with Crippen molar-refractivity contribution in [1.29, 1.82) is 0 Å². The van der Waals surface area contributed by atoms with Crippen molar-refractivity contribution in [2.24, 2.45) is 17.1 Å². The first-order chi connectivity index (χ1) is 8.69. The van der Waals surface area contributed by atoms with Gasteiger partial charge in [0, 0.05) is 26.2 Å². The second-order valence-corrected chi connectivity index (χ2v) is 6.58. The molecule has 0 aromatic heterocycles. The Hall–Kier alpha value is -0.120. The quantitative estimate of drug-likeness (QED) is 0.757. The van der Waals surface area contributed by atoms with E-state index < -0.39 is 0 Å². The van der Waals surface area contributed by atoms with Gasteiger partial charge in [0.05, 0.1) is 6.61 Å². The zero-order valence-electron chi connectivity index (χ0n) is 12.2. The maximum Gasteiger partial charge on any atom is 0.0589 e. The van der Waals surface area contributed by atoms with E-state index in [-0.39, 0.29) is 0 Å². The van der Waals surface area contributed by atoms with Gasteiger partial charge in [-0.2, -0.15) is 0 Å². The third-order valence-corrected chi connectivity index (χ3v) is 4.95. The van der Waals surface area contributed by atoms with Crippen LogP contribution in [0.3, 0.4) is 0 Å². The van der Waals surface area contributed by atoms with E-state index in [0.717, 1.165) is 31.7 Å². The Labute approximate surface area is 112 Å². The van der Waals surface area contributed by atoms with Crippen LogP contribution in [-0.2, 0) is 4.74 Å². The van der Waals surface area contributed by atoms with Crippen LogP contribution in [0, 0.1) is 11.3 Å². The van der Waals surface area contributed by atoms with Gasteiger partial charge >= 0.3 is 0 Å². The molecule has 2 aliphatic carbocycles. The van der Waals surface area contributed by atoms with Crippen LogP contribution < -0.4 is 5.73 Å². The van der Waals surface area contributed by atoms with Crippen molar-refractivity contribution in [3.63, 3.8) is 0 Å². The van der Waals surface area contributed by atoms with E-state index in [1.807, 2.05) is 0 Å². The number of rotatable bonds is 7. The van der Waals surface area contributed by atoms with Gasteiger partial charge in [0.2, 0.25) is 0 Å². The van der Waals surface area contributed by atoms with Crippen LogP contribution in [0.15, 0.2) is 0 Å². The van der Waals surface area contributed by atoms with Crippen molar-refractivity contribution in [3.8, 4) is 0 Å². The van der Waals surface area contributed by atoms with Gasteiger partial charge in [-0.1, -0.05) is 19.8 Å². The Morgan fingerprint density at radius 3 is 2.39 bits per heavy atom. The fourth-order valence-electron chi connectivity index (χ4n) is 3.27. The topological polar surface area (TPSA) is 38.5 Å². The highest BCUT2D eigenvalue weighted by Crippen LogP contribution is 2.40. The zero-order chi connectivity index (χ0) is 13.0. The van der Waals surface area contributed by atoms with Gasteiger partial charge in [0.25, 0.3) is 0 Å². The molecule has 0 amide bonds. The smallest absolute Gasteiger partial charge is 0.0589 e. The Balaban J connectivity index is 1.90. The third-order valence-electron chi connectivity index (χ3n) is 4.95. The summed E-state index contributed by atoms with van der Waals surface area (Å²) in [7, 11) is 1.80. The van der Waals surface area contributed by atoms with Crippen LogP contribution in [0.4, 0.5) is 0 Å². The lowest BCUT2D eigenvalue weighted by Gasteiger charge is -2.42. The van der Waals surface area contributed by atoms with Crippen molar-refractivity contribution in [2.75, 3.05) is 33.4 Å². The summed E-state index contributed by atoms with van der Waals surface area (Å²) in [6, 6.07) is 0.822. The average Bonchev–Trinajstić information content (AvgIpc) is 3.22. The van der Waals surface area contributed by atoms with E-state index in [1.165, 1.54) is 45.1 Å². The van der Waals surface area contributed by atoms with E-state index in [1.54, 1.807) is 7.11 Å². The molecule has 0 aromatic carbocycles. The molecule has 3 nitrogen and oxygen atoms in total. The van der Waals surface area contributed by atoms with E-state index >= 15 is 0 Å². The van der Waals surface area contributed by atoms with Crippen LogP contribution in [-0.4, -0.2) is 44.3 Å². The predicted molar refractivity (Wildman–Crippen MR) is 75.6 cm³/mol. The van der Waals surface area contributed by atoms with Gasteiger partial charge in [0.15, 0.2) is 0 Å². The highest BCUT2D eigenvalue weighted by molar-refractivity contribution is 4.93. The molecule has 2 rings (SSSR count). The summed E-state index contributed by atoms with van der Waals surface area (Å²) in [6.45, 7) is 6.37. The minimum Gasteiger partial charge on any atom is -0.383 e. The number of hydrogen-bond donors (Lipinski definition) is 1. The fourth-order valence-corrected chi connectivity index (χ4v) is 3.27. The second-order valence-electron chi connectivity index (χ2n) is 6.58. The van der Waals surface area contributed by atoms with E-state index in [2.05, 4.69) is 11.8 Å². The Bertz CT molecular complexity index is 245. The number of nitrogens with two attached hydrogens (primary N) is 1. The molecule has 0 bridgehead atoms. The highest BCUT2D eigenvalue weighted by atomic mass is 16.5. The van der Waals surface area contributed by atoms with Crippen molar-refractivity contribution in [1.82, 2.24) is 4.90 Å². The number of hydrogen-bond acceptors (Lipinski definition) is 3. The Kier molecular flexibility index (Phi) is 5.05. The van der Waals surface area contributed by atoms with Crippen LogP contribution >= 0.6 is 0 Å². The van der Waals surface area contributed by atoms with Crippen molar-refractivity contribution >= 4 is 0 Å². The lowest BCUT2D eigenvalue weighted by atomic mass is 9.70. The molecule has 18 heavy (non-hydrogen) atoms. The Morgan fingerprint density at radius 1 is 1.22 bits per heavy atom. The molecule has 0 aliphatic heterocycles. The minimum absolute atomic E-state index is 0.392. The van der Waals surface area contributed by atoms with Crippen molar-refractivity contribution in [3.05, 3.63) is 0 Å². The molecule has 0 spiro atoms. The molecular weight excluding hydrogens is 224 g/mol. The molecule has 0 radical (unpaired) electrons. The van der Waals surface area contributed by atoms with E-state index in [4.69, 9.17) is 10.5 Å². The van der Waals surface area contributed by atoms with Crippen molar-refractivity contribution in [2.45, 2.75) is 51.5 Å². The summed E-state index contributed by atoms with van der Waals surface area (Å²) in [5.41, 5.74) is 6.51.